The average Bonchev–Trinajstić information content (AvgIpc) is 2.56. The molecule has 0 aromatic heterocycles. The van der Waals surface area contributed by atoms with E-state index in [1.807, 2.05) is 0 Å². The molecule has 0 aliphatic carbocycles. The van der Waals surface area contributed by atoms with Crippen LogP contribution in [0.25, 0.3) is 0 Å². The maximum atomic E-state index is 12.1. The number of hydrogen-bond acceptors (Lipinski definition) is 6. The van der Waals surface area contributed by atoms with Gasteiger partial charge in [0.25, 0.3) is 16.0 Å². The second-order valence-electron chi connectivity index (χ2n) is 4.78. The summed E-state index contributed by atoms with van der Waals surface area (Å²) in [4.78, 5) is 11.7. The van der Waals surface area contributed by atoms with Crippen LogP contribution in [-0.2, 0) is 14.9 Å². The van der Waals surface area contributed by atoms with Crippen LogP contribution in [0.15, 0.2) is 65.2 Å². The fourth-order valence-electron chi connectivity index (χ4n) is 1.80. The van der Waals surface area contributed by atoms with Crippen LogP contribution < -0.4 is 10.6 Å². The van der Waals surface area contributed by atoms with Gasteiger partial charge in [-0.3, -0.25) is 9.35 Å². The monoisotopic (exact) mass is 359 g/mol. The predicted octanol–water partition coefficient (Wildman–Crippen LogP) is 2.10. The Morgan fingerprint density at radius 1 is 1.12 bits per heavy atom. The number of anilines is 2. The lowest BCUT2D eigenvalue weighted by atomic mass is 10.2. The minimum atomic E-state index is -4.32. The molecule has 0 radical (unpaired) electrons. The van der Waals surface area contributed by atoms with Crippen LogP contribution >= 0.6 is 0 Å². The summed E-state index contributed by atoms with van der Waals surface area (Å²) in [7, 11) is -4.32. The molecule has 0 heterocycles. The summed E-state index contributed by atoms with van der Waals surface area (Å²) in [6, 6.07) is 12.8. The molecule has 128 valence electrons. The quantitative estimate of drug-likeness (QED) is 0.277. The van der Waals surface area contributed by atoms with Crippen LogP contribution in [0.4, 0.5) is 11.4 Å². The number of benzene rings is 2. The fourth-order valence-corrected chi connectivity index (χ4v) is 2.28. The van der Waals surface area contributed by atoms with E-state index >= 15 is 0 Å². The Morgan fingerprint density at radius 3 is 2.32 bits per heavy atom. The molecular weight excluding hydrogens is 346 g/mol. The van der Waals surface area contributed by atoms with Crippen molar-refractivity contribution in [3.63, 3.8) is 0 Å². The number of amides is 1. The molecule has 1 amide bonds. The fraction of sp³-hybridized carbons (Fsp3) is 0. The number of nitrogens with zero attached hydrogens (tertiary/aromatic N) is 1. The molecule has 0 atom stereocenters. The Kier molecular flexibility index (Phi) is 5.38. The van der Waals surface area contributed by atoms with Crippen molar-refractivity contribution in [3.8, 4) is 11.8 Å². The summed E-state index contributed by atoms with van der Waals surface area (Å²) >= 11 is 0. The zero-order valence-electron chi connectivity index (χ0n) is 12.7. The van der Waals surface area contributed by atoms with Gasteiger partial charge in [0.05, 0.1) is 10.6 Å². The average molecular weight is 359 g/mol. The zero-order valence-corrected chi connectivity index (χ0v) is 13.5. The highest BCUT2D eigenvalue weighted by molar-refractivity contribution is 7.85. The molecule has 2 rings (SSSR count). The van der Waals surface area contributed by atoms with E-state index in [1.165, 1.54) is 18.2 Å². The van der Waals surface area contributed by atoms with Gasteiger partial charge in [-0.2, -0.15) is 13.7 Å². The number of carbonyl (C=O) groups excluding carboxylic acids is 1. The van der Waals surface area contributed by atoms with Crippen molar-refractivity contribution in [2.45, 2.75) is 4.90 Å². The lowest BCUT2D eigenvalue weighted by molar-refractivity contribution is -0.112. The SMILES string of the molecule is N#C/C(=C/Nc1ccccc1O)C(=O)Nc1ccc(S(=O)(=O)O)cc1. The van der Waals surface area contributed by atoms with Gasteiger partial charge in [-0.1, -0.05) is 12.1 Å². The lowest BCUT2D eigenvalue weighted by Gasteiger charge is -2.06. The van der Waals surface area contributed by atoms with Crippen molar-refractivity contribution in [1.29, 1.82) is 5.26 Å². The minimum absolute atomic E-state index is 0.0442. The molecule has 25 heavy (non-hydrogen) atoms. The van der Waals surface area contributed by atoms with E-state index in [-0.39, 0.29) is 21.9 Å². The van der Waals surface area contributed by atoms with Crippen molar-refractivity contribution < 1.29 is 22.9 Å². The van der Waals surface area contributed by atoms with E-state index in [2.05, 4.69) is 10.6 Å². The van der Waals surface area contributed by atoms with Crippen molar-refractivity contribution in [3.05, 3.63) is 60.3 Å². The standard InChI is InChI=1S/C16H13N3O5S/c17-9-11(10-18-14-3-1-2-4-15(14)20)16(21)19-12-5-7-13(8-6-12)25(22,23)24/h1-8,10,18,20H,(H,19,21)(H,22,23,24)/b11-10-. The number of hydrogen-bond donors (Lipinski definition) is 4. The molecule has 0 saturated carbocycles. The zero-order chi connectivity index (χ0) is 18.4. The summed E-state index contributed by atoms with van der Waals surface area (Å²) in [5.41, 5.74) is 0.295. The number of rotatable bonds is 5. The largest absolute Gasteiger partial charge is 0.506 e. The van der Waals surface area contributed by atoms with Gasteiger partial charge >= 0.3 is 0 Å². The van der Waals surface area contributed by atoms with Crippen LogP contribution in [-0.4, -0.2) is 24.0 Å². The maximum Gasteiger partial charge on any atom is 0.294 e. The van der Waals surface area contributed by atoms with Gasteiger partial charge in [0, 0.05) is 11.9 Å². The van der Waals surface area contributed by atoms with Gasteiger partial charge in [0.1, 0.15) is 17.4 Å². The number of nitrogens with one attached hydrogen (secondary N) is 2. The molecule has 0 bridgehead atoms. The van der Waals surface area contributed by atoms with Crippen molar-refractivity contribution in [1.82, 2.24) is 0 Å². The lowest BCUT2D eigenvalue weighted by Crippen LogP contribution is -2.14. The predicted molar refractivity (Wildman–Crippen MR) is 90.3 cm³/mol. The normalized spacial score (nSPS) is 11.4. The minimum Gasteiger partial charge on any atom is -0.506 e. The molecular formula is C16H13N3O5S. The van der Waals surface area contributed by atoms with Gasteiger partial charge in [0.2, 0.25) is 0 Å². The molecule has 9 heteroatoms. The summed E-state index contributed by atoms with van der Waals surface area (Å²) in [6.07, 6.45) is 1.14. The maximum absolute atomic E-state index is 12.1. The van der Waals surface area contributed by atoms with Crippen molar-refractivity contribution in [2.75, 3.05) is 10.6 Å². The molecule has 0 saturated heterocycles. The Labute approximate surface area is 143 Å². The first kappa shape index (κ1) is 18.0. The molecule has 0 aliphatic rings. The first-order chi connectivity index (χ1) is 11.8. The first-order valence-electron chi connectivity index (χ1n) is 6.85. The van der Waals surface area contributed by atoms with E-state index in [1.54, 1.807) is 24.3 Å². The van der Waals surface area contributed by atoms with E-state index in [9.17, 15) is 18.3 Å². The van der Waals surface area contributed by atoms with Gasteiger partial charge in [-0.05, 0) is 36.4 Å². The number of para-hydroxylation sites is 2. The van der Waals surface area contributed by atoms with Crippen molar-refractivity contribution in [2.24, 2.45) is 0 Å². The number of phenols is 1. The number of nitriles is 1. The third-order valence-electron chi connectivity index (χ3n) is 3.05. The molecule has 2 aromatic carbocycles. The van der Waals surface area contributed by atoms with Gasteiger partial charge in [0.15, 0.2) is 0 Å². The highest BCUT2D eigenvalue weighted by atomic mass is 32.2. The van der Waals surface area contributed by atoms with Gasteiger partial charge < -0.3 is 15.7 Å². The Bertz CT molecular complexity index is 960. The summed E-state index contributed by atoms with van der Waals surface area (Å²) in [6.45, 7) is 0. The van der Waals surface area contributed by atoms with E-state index in [0.29, 0.717) is 5.69 Å². The van der Waals surface area contributed by atoms with Crippen molar-refractivity contribution >= 4 is 27.4 Å². The second kappa shape index (κ2) is 7.48. The summed E-state index contributed by atoms with van der Waals surface area (Å²) in [5, 5.41) is 23.8. The first-order valence-corrected chi connectivity index (χ1v) is 8.29. The van der Waals surface area contributed by atoms with E-state index in [0.717, 1.165) is 18.3 Å². The Morgan fingerprint density at radius 2 is 1.76 bits per heavy atom. The summed E-state index contributed by atoms with van der Waals surface area (Å²) in [5.74, 6) is -0.776. The summed E-state index contributed by atoms with van der Waals surface area (Å²) < 4.78 is 30.8. The molecule has 8 nitrogen and oxygen atoms in total. The molecule has 2 aromatic rings. The molecule has 0 spiro atoms. The Hall–Kier alpha value is -3.35. The number of aromatic hydroxyl groups is 1. The third kappa shape index (κ3) is 4.81. The number of carbonyl (C=O) groups is 1. The molecule has 4 N–H and O–H groups in total. The molecule has 0 fully saturated rings. The highest BCUT2D eigenvalue weighted by Crippen LogP contribution is 2.21. The molecule has 0 aliphatic heterocycles. The van der Waals surface area contributed by atoms with Crippen LogP contribution in [0.3, 0.4) is 0 Å². The smallest absolute Gasteiger partial charge is 0.294 e. The van der Waals surface area contributed by atoms with Crippen LogP contribution in [0.2, 0.25) is 0 Å². The Balaban J connectivity index is 2.11. The van der Waals surface area contributed by atoms with Gasteiger partial charge in [-0.25, -0.2) is 0 Å². The number of phenolic OH excluding ortho intramolecular Hbond substituents is 1. The van der Waals surface area contributed by atoms with Crippen LogP contribution in [0.1, 0.15) is 0 Å². The van der Waals surface area contributed by atoms with E-state index in [4.69, 9.17) is 9.81 Å². The highest BCUT2D eigenvalue weighted by Gasteiger charge is 2.12. The van der Waals surface area contributed by atoms with Gasteiger partial charge in [-0.15, -0.1) is 0 Å². The van der Waals surface area contributed by atoms with Crippen LogP contribution in [0, 0.1) is 11.3 Å². The third-order valence-corrected chi connectivity index (χ3v) is 3.92. The molecule has 0 unspecified atom stereocenters. The van der Waals surface area contributed by atoms with Crippen LogP contribution in [0.5, 0.6) is 5.75 Å². The van der Waals surface area contributed by atoms with E-state index < -0.39 is 16.0 Å². The second-order valence-corrected chi connectivity index (χ2v) is 6.21. The topological polar surface area (TPSA) is 140 Å².